The van der Waals surface area contributed by atoms with Gasteiger partial charge in [0.05, 0.1) is 17.3 Å². The number of fused-ring (bicyclic) bond motifs is 2. The molecule has 42 heavy (non-hydrogen) atoms. The van der Waals surface area contributed by atoms with Crippen molar-refractivity contribution in [3.8, 4) is 6.01 Å². The summed E-state index contributed by atoms with van der Waals surface area (Å²) < 4.78 is 6.24. The molecule has 9 nitrogen and oxygen atoms in total. The first kappa shape index (κ1) is 30.1. The van der Waals surface area contributed by atoms with Crippen molar-refractivity contribution in [2.24, 2.45) is 0 Å². The molecule has 1 fully saturated rings. The third kappa shape index (κ3) is 7.14. The van der Waals surface area contributed by atoms with E-state index < -0.39 is 0 Å². The fourth-order valence-electron chi connectivity index (χ4n) is 5.76. The summed E-state index contributed by atoms with van der Waals surface area (Å²) in [4.78, 5) is 30.9. The molecule has 3 heterocycles. The maximum atomic E-state index is 12.3. The highest BCUT2D eigenvalue weighted by molar-refractivity contribution is 6.36. The predicted octanol–water partition coefficient (Wildman–Crippen LogP) is 3.99. The normalized spacial score (nSPS) is 17.3. The van der Waals surface area contributed by atoms with Gasteiger partial charge in [-0.05, 0) is 64.5 Å². The van der Waals surface area contributed by atoms with Gasteiger partial charge in [0.15, 0.2) is 0 Å². The molecule has 0 radical (unpaired) electrons. The third-order valence-corrected chi connectivity index (χ3v) is 8.43. The number of aromatic nitrogens is 2. The van der Waals surface area contributed by atoms with E-state index in [2.05, 4.69) is 51.3 Å². The molecular formula is C32H42ClN7O2. The van der Waals surface area contributed by atoms with E-state index >= 15 is 0 Å². The summed E-state index contributed by atoms with van der Waals surface area (Å²) >= 11 is 6.68. The summed E-state index contributed by atoms with van der Waals surface area (Å²) in [5, 5.41) is 5.92. The number of nitrogens with one attached hydrogen (secondary N) is 1. The van der Waals surface area contributed by atoms with E-state index in [0.717, 1.165) is 71.0 Å². The Morgan fingerprint density at radius 1 is 1.17 bits per heavy atom. The van der Waals surface area contributed by atoms with Gasteiger partial charge in [0.2, 0.25) is 5.91 Å². The lowest BCUT2D eigenvalue weighted by Gasteiger charge is -2.33. The molecule has 0 unspecified atom stereocenters. The number of likely N-dealkylation sites (N-methyl/N-ethyl adjacent to an activating group) is 3. The zero-order valence-electron chi connectivity index (χ0n) is 25.1. The lowest BCUT2D eigenvalue weighted by Crippen LogP contribution is -2.36. The monoisotopic (exact) mass is 591 g/mol. The molecule has 2 aromatic carbocycles. The first-order valence-corrected chi connectivity index (χ1v) is 15.1. The van der Waals surface area contributed by atoms with Crippen molar-refractivity contribution in [2.45, 2.75) is 31.8 Å². The van der Waals surface area contributed by atoms with Gasteiger partial charge in [0.1, 0.15) is 12.4 Å². The molecule has 10 heteroatoms. The van der Waals surface area contributed by atoms with Gasteiger partial charge in [-0.1, -0.05) is 41.9 Å². The first-order chi connectivity index (χ1) is 20.3. The van der Waals surface area contributed by atoms with Crippen molar-refractivity contribution < 1.29 is 9.53 Å². The number of anilines is 2. The maximum Gasteiger partial charge on any atom is 0.318 e. The molecular weight excluding hydrogens is 550 g/mol. The van der Waals surface area contributed by atoms with Crippen LogP contribution in [-0.4, -0.2) is 99.2 Å². The number of carbonyl (C=O) groups excluding carboxylic acids is 1. The SMILES string of the molecule is CN(C)C/C=C/C(=O)NCCN(C)c1nc(OC[C@@H]2CCCN2C)nc2c1CCN(c1cccc3cccc(Cl)c13)C2. The highest BCUT2D eigenvalue weighted by atomic mass is 35.5. The topological polar surface area (TPSA) is 77.1 Å². The zero-order chi connectivity index (χ0) is 29.6. The molecule has 1 amide bonds. The summed E-state index contributed by atoms with van der Waals surface area (Å²) in [6, 6.07) is 13.1. The Hall–Kier alpha value is -3.40. The van der Waals surface area contributed by atoms with Crippen LogP contribution in [-0.2, 0) is 17.8 Å². The Morgan fingerprint density at radius 2 is 1.98 bits per heavy atom. The van der Waals surface area contributed by atoms with Gasteiger partial charge in [-0.15, -0.1) is 0 Å². The van der Waals surface area contributed by atoms with E-state index in [4.69, 9.17) is 26.3 Å². The first-order valence-electron chi connectivity index (χ1n) is 14.8. The van der Waals surface area contributed by atoms with Gasteiger partial charge in [-0.3, -0.25) is 4.79 Å². The molecule has 1 aromatic heterocycles. The van der Waals surface area contributed by atoms with E-state index in [1.54, 1.807) is 6.08 Å². The smallest absolute Gasteiger partial charge is 0.318 e. The van der Waals surface area contributed by atoms with Crippen LogP contribution in [0.4, 0.5) is 11.5 Å². The number of likely N-dealkylation sites (tertiary alicyclic amines) is 1. The molecule has 1 atom stereocenters. The average molecular weight is 592 g/mol. The van der Waals surface area contributed by atoms with Gasteiger partial charge in [0.25, 0.3) is 0 Å². The van der Waals surface area contributed by atoms with Crippen molar-refractivity contribution in [1.29, 1.82) is 0 Å². The molecule has 2 aliphatic heterocycles. The molecule has 3 aromatic rings. The standard InChI is InChI=1S/C32H42ClN7O2/c1-37(2)17-8-14-29(41)34-16-20-39(4)31-25-15-19-40(28-13-6-10-23-9-5-12-26(33)30(23)28)21-27(25)35-32(36-31)42-22-24-11-7-18-38(24)3/h5-6,8-10,12-14,24H,7,11,15-22H2,1-4H3,(H,34,41)/b14-8+/t24-/m0/s1. The van der Waals surface area contributed by atoms with Gasteiger partial charge in [0, 0.05) is 62.0 Å². The zero-order valence-corrected chi connectivity index (χ0v) is 25.9. The van der Waals surface area contributed by atoms with E-state index in [0.29, 0.717) is 38.3 Å². The van der Waals surface area contributed by atoms with E-state index in [9.17, 15) is 4.79 Å². The summed E-state index contributed by atoms with van der Waals surface area (Å²) in [5.41, 5.74) is 3.20. The Kier molecular flexibility index (Phi) is 9.82. The highest BCUT2D eigenvalue weighted by Gasteiger charge is 2.27. The number of carbonyl (C=O) groups is 1. The Balaban J connectivity index is 1.36. The quantitative estimate of drug-likeness (QED) is 0.336. The summed E-state index contributed by atoms with van der Waals surface area (Å²) in [6.45, 7) is 4.95. The lowest BCUT2D eigenvalue weighted by molar-refractivity contribution is -0.116. The number of nitrogens with zero attached hydrogens (tertiary/aromatic N) is 6. The second kappa shape index (κ2) is 13.7. The van der Waals surface area contributed by atoms with Gasteiger partial charge in [-0.2, -0.15) is 9.97 Å². The van der Waals surface area contributed by atoms with Crippen LogP contribution in [0.1, 0.15) is 24.1 Å². The molecule has 2 aliphatic rings. The summed E-state index contributed by atoms with van der Waals surface area (Å²) in [5.74, 6) is 0.770. The lowest BCUT2D eigenvalue weighted by atomic mass is 10.0. The van der Waals surface area contributed by atoms with Crippen LogP contribution in [0.25, 0.3) is 10.8 Å². The van der Waals surface area contributed by atoms with Crippen molar-refractivity contribution in [1.82, 2.24) is 25.1 Å². The molecule has 0 bridgehead atoms. The van der Waals surface area contributed by atoms with Crippen molar-refractivity contribution in [2.75, 3.05) is 77.3 Å². The number of amides is 1. The molecule has 0 aliphatic carbocycles. The van der Waals surface area contributed by atoms with E-state index in [-0.39, 0.29) is 5.91 Å². The molecule has 224 valence electrons. The fourth-order valence-corrected chi connectivity index (χ4v) is 6.04. The van der Waals surface area contributed by atoms with E-state index in [1.165, 1.54) is 6.42 Å². The Labute approximate surface area is 254 Å². The van der Waals surface area contributed by atoms with Crippen molar-refractivity contribution in [3.05, 3.63) is 64.8 Å². The van der Waals surface area contributed by atoms with Crippen molar-refractivity contribution in [3.63, 3.8) is 0 Å². The number of ether oxygens (including phenoxy) is 1. The Bertz CT molecular complexity index is 1420. The number of benzene rings is 2. The summed E-state index contributed by atoms with van der Waals surface area (Å²) in [7, 11) is 8.10. The Morgan fingerprint density at radius 3 is 2.74 bits per heavy atom. The van der Waals surface area contributed by atoms with Gasteiger partial charge in [-0.25, -0.2) is 0 Å². The number of hydrogen-bond acceptors (Lipinski definition) is 8. The molecule has 1 N–H and O–H groups in total. The van der Waals surface area contributed by atoms with Crippen LogP contribution >= 0.6 is 11.6 Å². The van der Waals surface area contributed by atoms with Crippen LogP contribution in [0.2, 0.25) is 5.02 Å². The molecule has 0 spiro atoms. The van der Waals surface area contributed by atoms with Gasteiger partial charge < -0.3 is 29.7 Å². The largest absolute Gasteiger partial charge is 0.462 e. The van der Waals surface area contributed by atoms with Crippen LogP contribution < -0.4 is 19.9 Å². The van der Waals surface area contributed by atoms with Gasteiger partial charge >= 0.3 is 6.01 Å². The van der Waals surface area contributed by atoms with Crippen molar-refractivity contribution >= 4 is 39.8 Å². The summed E-state index contributed by atoms with van der Waals surface area (Å²) in [6.07, 6.45) is 6.54. The van der Waals surface area contributed by atoms with Crippen LogP contribution in [0.15, 0.2) is 48.6 Å². The highest BCUT2D eigenvalue weighted by Crippen LogP contribution is 2.36. The average Bonchev–Trinajstić information content (AvgIpc) is 3.39. The second-order valence-electron chi connectivity index (χ2n) is 11.5. The second-order valence-corrected chi connectivity index (χ2v) is 11.9. The minimum absolute atomic E-state index is 0.0935. The fraction of sp³-hybridized carbons (Fsp3) is 0.469. The maximum absolute atomic E-state index is 12.3. The minimum Gasteiger partial charge on any atom is -0.462 e. The molecule has 0 saturated carbocycles. The third-order valence-electron chi connectivity index (χ3n) is 8.12. The number of halogens is 1. The number of rotatable bonds is 11. The van der Waals surface area contributed by atoms with Crippen LogP contribution in [0, 0.1) is 0 Å². The minimum atomic E-state index is -0.0935. The molecule has 5 rings (SSSR count). The van der Waals surface area contributed by atoms with Crippen LogP contribution in [0.5, 0.6) is 6.01 Å². The molecule has 1 saturated heterocycles. The predicted molar refractivity (Wildman–Crippen MR) is 171 cm³/mol. The number of hydrogen-bond donors (Lipinski definition) is 1. The van der Waals surface area contributed by atoms with E-state index in [1.807, 2.05) is 44.3 Å². The van der Waals surface area contributed by atoms with Crippen LogP contribution in [0.3, 0.4) is 0 Å².